The molecule has 2 heterocycles. The maximum Gasteiger partial charge on any atom is 0.401 e. The van der Waals surface area contributed by atoms with Crippen molar-refractivity contribution < 1.29 is 13.2 Å². The van der Waals surface area contributed by atoms with Gasteiger partial charge in [-0.25, -0.2) is 4.98 Å². The van der Waals surface area contributed by atoms with Crippen molar-refractivity contribution in [2.45, 2.75) is 25.6 Å². The summed E-state index contributed by atoms with van der Waals surface area (Å²) in [5.41, 5.74) is 3.52. The van der Waals surface area contributed by atoms with Crippen molar-refractivity contribution in [1.82, 2.24) is 15.3 Å². The molecule has 0 aliphatic heterocycles. The Morgan fingerprint density at radius 1 is 1.53 bits per heavy atom. The Balaban J connectivity index is 1.95. The van der Waals surface area contributed by atoms with E-state index in [-0.39, 0.29) is 6.04 Å². The lowest BCUT2D eigenvalue weighted by Gasteiger charge is -2.14. The fourth-order valence-electron chi connectivity index (χ4n) is 1.64. The van der Waals surface area contributed by atoms with Crippen molar-refractivity contribution in [1.29, 1.82) is 0 Å². The number of aromatic nitrogens is 2. The second-order valence-corrected chi connectivity index (χ2v) is 4.80. The minimum atomic E-state index is -4.16. The molecule has 2 aromatic rings. The van der Waals surface area contributed by atoms with Crippen LogP contribution in [0.4, 0.5) is 13.2 Å². The molecule has 0 spiro atoms. The maximum absolute atomic E-state index is 12.0. The third-order valence-electron chi connectivity index (χ3n) is 2.42. The zero-order valence-electron chi connectivity index (χ0n) is 9.14. The SMILES string of the molecule is CC(Cc1c[nH]c2ncsc12)NCC(F)(F)F. The molecule has 17 heavy (non-hydrogen) atoms. The molecule has 2 aromatic heterocycles. The zero-order chi connectivity index (χ0) is 12.5. The first kappa shape index (κ1) is 12.4. The number of alkyl halides is 3. The summed E-state index contributed by atoms with van der Waals surface area (Å²) >= 11 is 1.49. The van der Waals surface area contributed by atoms with E-state index < -0.39 is 12.7 Å². The van der Waals surface area contributed by atoms with Gasteiger partial charge in [-0.05, 0) is 18.9 Å². The molecule has 7 heteroatoms. The average Bonchev–Trinajstić information content (AvgIpc) is 2.79. The van der Waals surface area contributed by atoms with Gasteiger partial charge in [0.1, 0.15) is 5.65 Å². The topological polar surface area (TPSA) is 40.7 Å². The highest BCUT2D eigenvalue weighted by atomic mass is 32.1. The van der Waals surface area contributed by atoms with Crippen LogP contribution in [0.5, 0.6) is 0 Å². The number of H-pyrrole nitrogens is 1. The lowest BCUT2D eigenvalue weighted by Crippen LogP contribution is -2.36. The lowest BCUT2D eigenvalue weighted by atomic mass is 10.1. The molecule has 1 atom stereocenters. The first-order valence-corrected chi connectivity index (χ1v) is 6.03. The molecule has 2 N–H and O–H groups in total. The molecule has 0 saturated carbocycles. The number of thiazole rings is 1. The highest BCUT2D eigenvalue weighted by molar-refractivity contribution is 7.16. The van der Waals surface area contributed by atoms with Crippen molar-refractivity contribution in [3.63, 3.8) is 0 Å². The van der Waals surface area contributed by atoms with E-state index in [1.165, 1.54) is 11.3 Å². The summed E-state index contributed by atoms with van der Waals surface area (Å²) < 4.78 is 37.1. The van der Waals surface area contributed by atoms with Gasteiger partial charge in [-0.1, -0.05) is 0 Å². The number of rotatable bonds is 4. The van der Waals surface area contributed by atoms with Crippen LogP contribution in [0, 0.1) is 0 Å². The van der Waals surface area contributed by atoms with Crippen LogP contribution in [-0.2, 0) is 6.42 Å². The van der Waals surface area contributed by atoms with Crippen molar-refractivity contribution in [3.05, 3.63) is 17.3 Å². The summed E-state index contributed by atoms with van der Waals surface area (Å²) in [5, 5.41) is 2.46. The van der Waals surface area contributed by atoms with Crippen LogP contribution in [0.25, 0.3) is 10.3 Å². The Kier molecular flexibility index (Phi) is 3.39. The third-order valence-corrected chi connectivity index (χ3v) is 3.32. The van der Waals surface area contributed by atoms with E-state index in [9.17, 15) is 13.2 Å². The van der Waals surface area contributed by atoms with Crippen molar-refractivity contribution in [2.24, 2.45) is 0 Å². The summed E-state index contributed by atoms with van der Waals surface area (Å²) in [7, 11) is 0. The van der Waals surface area contributed by atoms with Gasteiger partial charge in [-0.15, -0.1) is 11.3 Å². The molecule has 1 unspecified atom stereocenters. The first-order valence-electron chi connectivity index (χ1n) is 5.15. The molecule has 3 nitrogen and oxygen atoms in total. The average molecular weight is 263 g/mol. The number of nitrogens with one attached hydrogen (secondary N) is 2. The second-order valence-electron chi connectivity index (χ2n) is 3.95. The molecule has 0 saturated heterocycles. The Morgan fingerprint density at radius 2 is 2.29 bits per heavy atom. The first-order chi connectivity index (χ1) is 7.96. The van der Waals surface area contributed by atoms with E-state index in [4.69, 9.17) is 0 Å². The van der Waals surface area contributed by atoms with Crippen LogP contribution >= 0.6 is 11.3 Å². The molecule has 0 aliphatic carbocycles. The van der Waals surface area contributed by atoms with Crippen LogP contribution in [0.2, 0.25) is 0 Å². The number of hydrogen-bond acceptors (Lipinski definition) is 3. The molecule has 0 aliphatic rings. The monoisotopic (exact) mass is 263 g/mol. The molecule has 0 aromatic carbocycles. The van der Waals surface area contributed by atoms with Crippen LogP contribution < -0.4 is 5.32 Å². The fourth-order valence-corrected chi connectivity index (χ4v) is 2.42. The number of nitrogens with zero attached hydrogens (tertiary/aromatic N) is 1. The summed E-state index contributed by atoms with van der Waals surface area (Å²) in [6, 6.07) is -0.224. The summed E-state index contributed by atoms with van der Waals surface area (Å²) in [6.07, 6.45) is -1.80. The van der Waals surface area contributed by atoms with Gasteiger partial charge in [0.25, 0.3) is 0 Å². The molecular weight excluding hydrogens is 251 g/mol. The van der Waals surface area contributed by atoms with Crippen molar-refractivity contribution >= 4 is 21.7 Å². The van der Waals surface area contributed by atoms with Crippen LogP contribution in [-0.4, -0.2) is 28.7 Å². The number of hydrogen-bond donors (Lipinski definition) is 2. The molecule has 0 fully saturated rings. The van der Waals surface area contributed by atoms with Gasteiger partial charge in [-0.3, -0.25) is 0 Å². The van der Waals surface area contributed by atoms with Gasteiger partial charge >= 0.3 is 6.18 Å². The van der Waals surface area contributed by atoms with Gasteiger partial charge in [0, 0.05) is 12.2 Å². The molecule has 0 radical (unpaired) electrons. The van der Waals surface area contributed by atoms with Gasteiger partial charge in [0.05, 0.1) is 16.8 Å². The minimum absolute atomic E-state index is 0.224. The fraction of sp³-hybridized carbons (Fsp3) is 0.500. The predicted octanol–water partition coefficient (Wildman–Crippen LogP) is 2.71. The minimum Gasteiger partial charge on any atom is -0.345 e. The van der Waals surface area contributed by atoms with Crippen LogP contribution in [0.3, 0.4) is 0 Å². The van der Waals surface area contributed by atoms with Crippen LogP contribution in [0.1, 0.15) is 12.5 Å². The highest BCUT2D eigenvalue weighted by Gasteiger charge is 2.27. The van der Waals surface area contributed by atoms with Gasteiger partial charge in [-0.2, -0.15) is 13.2 Å². The van der Waals surface area contributed by atoms with Gasteiger partial charge in [0.15, 0.2) is 0 Å². The van der Waals surface area contributed by atoms with E-state index in [1.807, 2.05) is 0 Å². The van der Waals surface area contributed by atoms with E-state index in [0.717, 1.165) is 15.9 Å². The number of fused-ring (bicyclic) bond motifs is 1. The quantitative estimate of drug-likeness (QED) is 0.890. The van der Waals surface area contributed by atoms with E-state index in [1.54, 1.807) is 18.6 Å². The Bertz CT molecular complexity index is 488. The van der Waals surface area contributed by atoms with Gasteiger partial charge in [0.2, 0.25) is 0 Å². The van der Waals surface area contributed by atoms with E-state index in [2.05, 4.69) is 15.3 Å². The smallest absolute Gasteiger partial charge is 0.345 e. The van der Waals surface area contributed by atoms with E-state index in [0.29, 0.717) is 6.42 Å². The van der Waals surface area contributed by atoms with Crippen molar-refractivity contribution in [2.75, 3.05) is 6.54 Å². The molecule has 2 rings (SSSR count). The number of halogens is 3. The molecule has 94 valence electrons. The molecular formula is C10H12F3N3S. The lowest BCUT2D eigenvalue weighted by molar-refractivity contribution is -0.126. The standard InChI is InChI=1S/C10H12F3N3S/c1-6(15-4-10(11,12)13)2-7-3-14-9-8(7)17-5-16-9/h3,5-6,14-15H,2,4H2,1H3. The Morgan fingerprint density at radius 3 is 3.00 bits per heavy atom. The third kappa shape index (κ3) is 3.19. The molecule has 0 amide bonds. The van der Waals surface area contributed by atoms with Crippen LogP contribution in [0.15, 0.2) is 11.7 Å². The van der Waals surface area contributed by atoms with E-state index >= 15 is 0 Å². The summed E-state index contributed by atoms with van der Waals surface area (Å²) in [4.78, 5) is 7.09. The zero-order valence-corrected chi connectivity index (χ0v) is 9.95. The highest BCUT2D eigenvalue weighted by Crippen LogP contribution is 2.23. The normalized spacial score (nSPS) is 14.4. The summed E-state index contributed by atoms with van der Waals surface area (Å²) in [5.74, 6) is 0. The second kappa shape index (κ2) is 4.66. The largest absolute Gasteiger partial charge is 0.401 e. The van der Waals surface area contributed by atoms with Gasteiger partial charge < -0.3 is 10.3 Å². The Hall–Kier alpha value is -1.08. The molecule has 0 bridgehead atoms. The maximum atomic E-state index is 12.0. The summed E-state index contributed by atoms with van der Waals surface area (Å²) in [6.45, 7) is 0.788. The Labute approximate surface area is 100 Å². The predicted molar refractivity (Wildman–Crippen MR) is 61.2 cm³/mol. The van der Waals surface area contributed by atoms with Crippen molar-refractivity contribution in [3.8, 4) is 0 Å². The number of aromatic amines is 1.